The summed E-state index contributed by atoms with van der Waals surface area (Å²) in [6.07, 6.45) is 8.02. The zero-order valence-corrected chi connectivity index (χ0v) is 16.3. The molecule has 1 fully saturated rings. The SMILES string of the molecule is CC[C@@H]1C2=NNCN2c2cnc(NCc3ccccc3)nc2N1C1CCCC1. The number of benzene rings is 1. The number of amidine groups is 1. The Balaban J connectivity index is 1.49. The van der Waals surface area contributed by atoms with Crippen LogP contribution in [0.5, 0.6) is 0 Å². The van der Waals surface area contributed by atoms with Crippen molar-refractivity contribution >= 4 is 23.3 Å². The van der Waals surface area contributed by atoms with Crippen molar-refractivity contribution in [3.8, 4) is 0 Å². The van der Waals surface area contributed by atoms with Gasteiger partial charge in [0.05, 0.1) is 12.2 Å². The van der Waals surface area contributed by atoms with Gasteiger partial charge >= 0.3 is 0 Å². The molecule has 0 amide bonds. The van der Waals surface area contributed by atoms with Crippen molar-refractivity contribution in [1.82, 2.24) is 15.4 Å². The average molecular weight is 377 g/mol. The molecule has 28 heavy (non-hydrogen) atoms. The number of fused-ring (bicyclic) bond motifs is 3. The number of hydrogen-bond acceptors (Lipinski definition) is 7. The van der Waals surface area contributed by atoms with Gasteiger partial charge in [0, 0.05) is 12.6 Å². The standard InChI is InChI=1S/C21H27N7/c1-2-17-20-26-24-14-27(20)18-13-23-21(22-12-15-8-4-3-5-9-15)25-19(18)28(17)16-10-6-7-11-16/h3-5,8-9,13,16-17,24H,2,6-7,10-12,14H2,1H3,(H,22,23,25)/t17-/m1/s1. The minimum atomic E-state index is 0.266. The molecule has 1 atom stereocenters. The van der Waals surface area contributed by atoms with E-state index < -0.39 is 0 Å². The van der Waals surface area contributed by atoms with Gasteiger partial charge < -0.3 is 15.1 Å². The van der Waals surface area contributed by atoms with Crippen molar-refractivity contribution in [2.24, 2.45) is 5.10 Å². The van der Waals surface area contributed by atoms with Crippen molar-refractivity contribution < 1.29 is 0 Å². The third-order valence-corrected chi connectivity index (χ3v) is 6.02. The Morgan fingerprint density at radius 2 is 2.00 bits per heavy atom. The zero-order chi connectivity index (χ0) is 18.9. The van der Waals surface area contributed by atoms with Gasteiger partial charge in [-0.1, -0.05) is 50.1 Å². The van der Waals surface area contributed by atoms with Crippen molar-refractivity contribution in [3.05, 3.63) is 42.1 Å². The fourth-order valence-electron chi connectivity index (χ4n) is 4.66. The minimum Gasteiger partial charge on any atom is -0.350 e. The molecule has 7 nitrogen and oxygen atoms in total. The summed E-state index contributed by atoms with van der Waals surface area (Å²) < 4.78 is 0. The van der Waals surface area contributed by atoms with Gasteiger partial charge in [0.15, 0.2) is 11.7 Å². The zero-order valence-electron chi connectivity index (χ0n) is 16.3. The van der Waals surface area contributed by atoms with Crippen LogP contribution >= 0.6 is 0 Å². The van der Waals surface area contributed by atoms with Gasteiger partial charge in [-0.3, -0.25) is 5.43 Å². The van der Waals surface area contributed by atoms with E-state index in [-0.39, 0.29) is 6.04 Å². The summed E-state index contributed by atoms with van der Waals surface area (Å²) in [5.74, 6) is 2.84. The van der Waals surface area contributed by atoms with E-state index in [1.807, 2.05) is 12.3 Å². The highest BCUT2D eigenvalue weighted by Gasteiger charge is 2.42. The lowest BCUT2D eigenvalue weighted by Gasteiger charge is -2.44. The molecule has 0 radical (unpaired) electrons. The van der Waals surface area contributed by atoms with E-state index in [1.54, 1.807) is 0 Å². The second kappa shape index (κ2) is 7.30. The van der Waals surface area contributed by atoms with Crippen molar-refractivity contribution in [2.45, 2.75) is 57.7 Å². The van der Waals surface area contributed by atoms with Crippen LogP contribution in [0.4, 0.5) is 17.5 Å². The highest BCUT2D eigenvalue weighted by molar-refractivity contribution is 6.09. The number of hydrogen-bond donors (Lipinski definition) is 2. The third-order valence-electron chi connectivity index (χ3n) is 6.02. The molecule has 7 heteroatoms. The van der Waals surface area contributed by atoms with Gasteiger partial charge in [-0.05, 0) is 24.8 Å². The van der Waals surface area contributed by atoms with Crippen LogP contribution < -0.4 is 20.5 Å². The van der Waals surface area contributed by atoms with E-state index in [0.29, 0.717) is 18.7 Å². The number of anilines is 3. The Bertz CT molecular complexity index is 860. The van der Waals surface area contributed by atoms with Crippen molar-refractivity contribution in [3.63, 3.8) is 0 Å². The average Bonchev–Trinajstić information content (AvgIpc) is 3.44. The Labute approximate surface area is 165 Å². The van der Waals surface area contributed by atoms with Gasteiger partial charge in [-0.2, -0.15) is 10.1 Å². The van der Waals surface area contributed by atoms with E-state index in [2.05, 4.69) is 61.8 Å². The molecule has 5 rings (SSSR count). The summed E-state index contributed by atoms with van der Waals surface area (Å²) in [7, 11) is 0. The lowest BCUT2D eigenvalue weighted by Crippen LogP contribution is -2.55. The fourth-order valence-corrected chi connectivity index (χ4v) is 4.66. The van der Waals surface area contributed by atoms with Crippen LogP contribution in [-0.2, 0) is 6.54 Å². The Kier molecular flexibility index (Phi) is 4.50. The highest BCUT2D eigenvalue weighted by Crippen LogP contribution is 2.41. The third kappa shape index (κ3) is 2.95. The van der Waals surface area contributed by atoms with Crippen LogP contribution in [-0.4, -0.2) is 34.6 Å². The smallest absolute Gasteiger partial charge is 0.225 e. The molecule has 2 N–H and O–H groups in total. The molecule has 0 spiro atoms. The quantitative estimate of drug-likeness (QED) is 0.833. The molecule has 3 aliphatic rings. The molecule has 1 aliphatic carbocycles. The molecule has 2 aliphatic heterocycles. The maximum atomic E-state index is 4.99. The molecular weight excluding hydrogens is 350 g/mol. The van der Waals surface area contributed by atoms with Gasteiger partial charge in [-0.25, -0.2) is 4.98 Å². The summed E-state index contributed by atoms with van der Waals surface area (Å²) in [6, 6.07) is 11.2. The van der Waals surface area contributed by atoms with Gasteiger partial charge in [-0.15, -0.1) is 0 Å². The highest BCUT2D eigenvalue weighted by atomic mass is 15.5. The largest absolute Gasteiger partial charge is 0.350 e. The number of nitrogens with zero attached hydrogens (tertiary/aromatic N) is 5. The fraction of sp³-hybridized carbons (Fsp3) is 0.476. The summed E-state index contributed by atoms with van der Waals surface area (Å²) in [5, 5.41) is 8.01. The maximum absolute atomic E-state index is 4.99. The molecule has 1 saturated carbocycles. The molecule has 146 valence electrons. The lowest BCUT2D eigenvalue weighted by molar-refractivity contribution is 0.548. The van der Waals surface area contributed by atoms with Crippen LogP contribution in [0.1, 0.15) is 44.6 Å². The normalized spacial score (nSPS) is 21.2. The van der Waals surface area contributed by atoms with Crippen LogP contribution in [0.2, 0.25) is 0 Å². The lowest BCUT2D eigenvalue weighted by atomic mass is 10.0. The van der Waals surface area contributed by atoms with Crippen molar-refractivity contribution in [2.75, 3.05) is 21.8 Å². The molecular formula is C21H27N7. The summed E-state index contributed by atoms with van der Waals surface area (Å²) in [5.41, 5.74) is 5.44. The van der Waals surface area contributed by atoms with E-state index in [9.17, 15) is 0 Å². The Hall–Kier alpha value is -2.83. The molecule has 1 aromatic carbocycles. The van der Waals surface area contributed by atoms with E-state index in [0.717, 1.165) is 30.3 Å². The molecule has 0 saturated heterocycles. The topological polar surface area (TPSA) is 68.7 Å². The Morgan fingerprint density at radius 3 is 2.79 bits per heavy atom. The van der Waals surface area contributed by atoms with Gasteiger partial charge in [0.1, 0.15) is 12.4 Å². The van der Waals surface area contributed by atoms with Crippen LogP contribution in [0, 0.1) is 0 Å². The number of aromatic nitrogens is 2. The van der Waals surface area contributed by atoms with Crippen LogP contribution in [0.25, 0.3) is 0 Å². The molecule has 1 aromatic heterocycles. The Morgan fingerprint density at radius 1 is 1.18 bits per heavy atom. The summed E-state index contributed by atoms with van der Waals surface area (Å²) in [6.45, 7) is 3.65. The molecule has 0 bridgehead atoms. The molecule has 2 aromatic rings. The first kappa shape index (κ1) is 17.3. The van der Waals surface area contributed by atoms with Gasteiger partial charge in [0.2, 0.25) is 5.95 Å². The van der Waals surface area contributed by atoms with Crippen LogP contribution in [0.15, 0.2) is 41.6 Å². The van der Waals surface area contributed by atoms with Crippen LogP contribution in [0.3, 0.4) is 0 Å². The monoisotopic (exact) mass is 377 g/mol. The first-order valence-corrected chi connectivity index (χ1v) is 10.4. The molecule has 0 unspecified atom stereocenters. The predicted molar refractivity (Wildman–Crippen MR) is 113 cm³/mol. The summed E-state index contributed by atoms with van der Waals surface area (Å²) >= 11 is 0. The number of rotatable bonds is 5. The summed E-state index contributed by atoms with van der Waals surface area (Å²) in [4.78, 5) is 14.4. The first-order chi connectivity index (χ1) is 13.8. The second-order valence-corrected chi connectivity index (χ2v) is 7.73. The second-order valence-electron chi connectivity index (χ2n) is 7.73. The maximum Gasteiger partial charge on any atom is 0.225 e. The van der Waals surface area contributed by atoms with Gasteiger partial charge in [0.25, 0.3) is 0 Å². The number of nitrogens with one attached hydrogen (secondary N) is 2. The first-order valence-electron chi connectivity index (χ1n) is 10.4. The van der Waals surface area contributed by atoms with E-state index >= 15 is 0 Å². The van der Waals surface area contributed by atoms with E-state index in [4.69, 9.17) is 4.98 Å². The van der Waals surface area contributed by atoms with E-state index in [1.165, 1.54) is 31.2 Å². The number of hydrazone groups is 1. The predicted octanol–water partition coefficient (Wildman–Crippen LogP) is 3.31. The minimum absolute atomic E-state index is 0.266. The molecule has 3 heterocycles. The van der Waals surface area contributed by atoms with Crippen molar-refractivity contribution in [1.29, 1.82) is 0 Å².